The van der Waals surface area contributed by atoms with Gasteiger partial charge in [0.15, 0.2) is 21.6 Å². The topological polar surface area (TPSA) is 119 Å². The highest BCUT2D eigenvalue weighted by Gasteiger charge is 2.49. The zero-order chi connectivity index (χ0) is 34.7. The van der Waals surface area contributed by atoms with E-state index >= 15 is 0 Å². The fourth-order valence-electron chi connectivity index (χ4n) is 5.82. The molecule has 0 aliphatic carbocycles. The van der Waals surface area contributed by atoms with Crippen molar-refractivity contribution in [2.24, 2.45) is 0 Å². The molecule has 5 aromatic rings. The van der Waals surface area contributed by atoms with Crippen molar-refractivity contribution in [3.63, 3.8) is 0 Å². The Hall–Kier alpha value is -4.68. The summed E-state index contributed by atoms with van der Waals surface area (Å²) in [6.45, 7) is 10.7. The van der Waals surface area contributed by atoms with E-state index in [-0.39, 0.29) is 22.2 Å². The largest absolute Gasteiger partial charge is 0.505 e. The summed E-state index contributed by atoms with van der Waals surface area (Å²) in [7, 11) is 0. The minimum Gasteiger partial charge on any atom is -0.505 e. The number of carbonyl (C=O) groups is 2. The van der Waals surface area contributed by atoms with Crippen LogP contribution in [0.25, 0.3) is 11.4 Å². The van der Waals surface area contributed by atoms with Crippen molar-refractivity contribution < 1.29 is 24.2 Å². The third kappa shape index (κ3) is 6.93. The average Bonchev–Trinajstić information content (AvgIpc) is 3.78. The summed E-state index contributed by atoms with van der Waals surface area (Å²) in [5.74, 6) is -0.292. The summed E-state index contributed by atoms with van der Waals surface area (Å²) >= 11 is 2.72. The molecule has 1 N–H and O–H groups in total. The van der Waals surface area contributed by atoms with E-state index in [4.69, 9.17) is 14.5 Å². The highest BCUT2D eigenvalue weighted by molar-refractivity contribution is 8.00. The number of aliphatic hydroxyl groups excluding tert-OH is 1. The number of ketones is 1. The number of ether oxygens (including phenoxy) is 2. The van der Waals surface area contributed by atoms with Gasteiger partial charge in [-0.05, 0) is 69.0 Å². The molecule has 1 fully saturated rings. The molecule has 1 aliphatic heterocycles. The maximum atomic E-state index is 14.0. The molecule has 0 radical (unpaired) electrons. The van der Waals surface area contributed by atoms with Crippen LogP contribution >= 0.6 is 23.1 Å². The van der Waals surface area contributed by atoms with E-state index < -0.39 is 17.7 Å². The van der Waals surface area contributed by atoms with Crippen molar-refractivity contribution in [1.29, 1.82) is 0 Å². The number of pyridine rings is 1. The second kappa shape index (κ2) is 14.8. The zero-order valence-electron chi connectivity index (χ0n) is 28.2. The molecule has 1 unspecified atom stereocenters. The van der Waals surface area contributed by atoms with Crippen molar-refractivity contribution >= 4 is 51.3 Å². The molecular formula is C37H39N5O5S2. The highest BCUT2D eigenvalue weighted by atomic mass is 32.2. The molecule has 10 nitrogen and oxygen atoms in total. The molecule has 3 aromatic heterocycles. The van der Waals surface area contributed by atoms with Crippen LogP contribution in [-0.4, -0.2) is 49.6 Å². The number of anilines is 1. The molecule has 4 heterocycles. The number of nitrogens with zero attached hydrogens (tertiary/aromatic N) is 5. The molecule has 1 atom stereocenters. The number of aliphatic hydroxyl groups is 1. The van der Waals surface area contributed by atoms with E-state index in [1.54, 1.807) is 18.2 Å². The Morgan fingerprint density at radius 3 is 2.51 bits per heavy atom. The van der Waals surface area contributed by atoms with Crippen LogP contribution in [0.15, 0.2) is 70.7 Å². The Labute approximate surface area is 293 Å². The first kappa shape index (κ1) is 34.2. The lowest BCUT2D eigenvalue weighted by Crippen LogP contribution is -2.29. The van der Waals surface area contributed by atoms with E-state index in [1.165, 1.54) is 33.6 Å². The van der Waals surface area contributed by atoms with E-state index in [0.717, 1.165) is 30.4 Å². The first-order valence-corrected chi connectivity index (χ1v) is 18.2. The van der Waals surface area contributed by atoms with Crippen LogP contribution in [0.1, 0.15) is 72.8 Å². The lowest BCUT2D eigenvalue weighted by molar-refractivity contribution is -0.132. The zero-order valence-corrected chi connectivity index (χ0v) is 29.9. The smallest absolute Gasteiger partial charge is 0.301 e. The van der Waals surface area contributed by atoms with Gasteiger partial charge in [0.05, 0.1) is 30.5 Å². The van der Waals surface area contributed by atoms with Gasteiger partial charge >= 0.3 is 5.91 Å². The lowest BCUT2D eigenvalue weighted by Gasteiger charge is -2.23. The molecule has 254 valence electrons. The number of hydrogen-bond acceptors (Lipinski definition) is 10. The van der Waals surface area contributed by atoms with Crippen molar-refractivity contribution in [2.45, 2.75) is 70.0 Å². The fourth-order valence-corrected chi connectivity index (χ4v) is 7.65. The molecule has 49 heavy (non-hydrogen) atoms. The van der Waals surface area contributed by atoms with Crippen LogP contribution < -0.4 is 14.4 Å². The molecular weight excluding hydrogens is 659 g/mol. The number of aryl methyl sites for hydroxylation is 3. The van der Waals surface area contributed by atoms with Crippen molar-refractivity contribution in [3.05, 3.63) is 100 Å². The van der Waals surface area contributed by atoms with Gasteiger partial charge in [-0.2, -0.15) is 0 Å². The quantitative estimate of drug-likeness (QED) is 0.0326. The fraction of sp³-hybridized carbons (Fsp3) is 0.324. The Morgan fingerprint density at radius 1 is 0.980 bits per heavy atom. The number of aromatic nitrogens is 4. The summed E-state index contributed by atoms with van der Waals surface area (Å²) in [5.41, 5.74) is 5.19. The summed E-state index contributed by atoms with van der Waals surface area (Å²) in [6.07, 6.45) is 4.87. The molecule has 1 amide bonds. The van der Waals surface area contributed by atoms with Crippen LogP contribution in [0.3, 0.4) is 0 Å². The normalized spacial score (nSPS) is 15.8. The maximum Gasteiger partial charge on any atom is 0.301 e. The number of rotatable bonds is 13. The predicted octanol–water partition coefficient (Wildman–Crippen LogP) is 8.00. The van der Waals surface area contributed by atoms with Crippen LogP contribution in [-0.2, 0) is 15.3 Å². The number of imidazole rings is 1. The second-order valence-corrected chi connectivity index (χ2v) is 14.1. The summed E-state index contributed by atoms with van der Waals surface area (Å²) in [4.78, 5) is 33.9. The summed E-state index contributed by atoms with van der Waals surface area (Å²) in [5, 5.41) is 20.9. The monoisotopic (exact) mass is 697 g/mol. The first-order chi connectivity index (χ1) is 23.7. The van der Waals surface area contributed by atoms with Gasteiger partial charge in [0.1, 0.15) is 11.3 Å². The highest BCUT2D eigenvalue weighted by Crippen LogP contribution is 2.46. The van der Waals surface area contributed by atoms with Crippen molar-refractivity contribution in [3.8, 4) is 11.5 Å². The van der Waals surface area contributed by atoms with Gasteiger partial charge in [-0.1, -0.05) is 84.8 Å². The van der Waals surface area contributed by atoms with Crippen LogP contribution in [0.4, 0.5) is 5.13 Å². The SMILES string of the molecule is CCCCCOc1ccc(C2/C(=C(\O)c3nc4c(C)cccn4c3C)C(=O)C(=O)N2c2nnc(SCc3ccc(C)cc3)s2)cc1OCC. The third-order valence-electron chi connectivity index (χ3n) is 8.43. The number of carbonyl (C=O) groups excluding carboxylic acids is 2. The number of hydrogen-bond donors (Lipinski definition) is 1. The van der Waals surface area contributed by atoms with Gasteiger partial charge in [0.2, 0.25) is 5.13 Å². The number of fused-ring (bicyclic) bond motifs is 1. The Balaban J connectivity index is 1.44. The third-order valence-corrected chi connectivity index (χ3v) is 10.6. The number of unbranched alkanes of at least 4 members (excludes halogenated alkanes) is 2. The van der Waals surface area contributed by atoms with Gasteiger partial charge in [-0.15, -0.1) is 10.2 Å². The molecule has 0 spiro atoms. The van der Waals surface area contributed by atoms with Crippen LogP contribution in [0.5, 0.6) is 11.5 Å². The van der Waals surface area contributed by atoms with Gasteiger partial charge in [0.25, 0.3) is 5.78 Å². The molecule has 6 rings (SSSR count). The molecule has 0 saturated carbocycles. The van der Waals surface area contributed by atoms with E-state index in [1.807, 2.05) is 50.4 Å². The predicted molar refractivity (Wildman–Crippen MR) is 193 cm³/mol. The standard InChI is InChI=1S/C37H39N5O5S2/c1-6-8-9-19-47-27-17-16-26(20-28(27)46-7-2)31-29(32(43)30-24(5)41-18-10-11-23(4)34(41)38-30)33(44)35(45)42(31)36-39-40-37(49-36)48-21-25-14-12-22(3)13-15-25/h10-18,20,31,43H,6-9,19,21H2,1-5H3/b32-29+. The van der Waals surface area contributed by atoms with Crippen molar-refractivity contribution in [2.75, 3.05) is 18.1 Å². The molecule has 0 bridgehead atoms. The molecule has 12 heteroatoms. The summed E-state index contributed by atoms with van der Waals surface area (Å²) < 4.78 is 14.6. The molecule has 1 aliphatic rings. The second-order valence-electron chi connectivity index (χ2n) is 11.9. The number of amides is 1. The minimum absolute atomic E-state index is 0.0859. The van der Waals surface area contributed by atoms with Gasteiger partial charge in [-0.25, -0.2) is 4.98 Å². The van der Waals surface area contributed by atoms with E-state index in [9.17, 15) is 14.7 Å². The van der Waals surface area contributed by atoms with Crippen LogP contribution in [0.2, 0.25) is 0 Å². The van der Waals surface area contributed by atoms with Crippen molar-refractivity contribution in [1.82, 2.24) is 19.6 Å². The van der Waals surface area contributed by atoms with Gasteiger partial charge < -0.3 is 19.0 Å². The first-order valence-electron chi connectivity index (χ1n) is 16.4. The Bertz CT molecular complexity index is 2030. The maximum absolute atomic E-state index is 14.0. The van der Waals surface area contributed by atoms with Gasteiger partial charge in [0, 0.05) is 11.9 Å². The van der Waals surface area contributed by atoms with Crippen LogP contribution in [0, 0.1) is 20.8 Å². The Morgan fingerprint density at radius 2 is 1.78 bits per heavy atom. The van der Waals surface area contributed by atoms with Gasteiger partial charge in [-0.3, -0.25) is 14.5 Å². The average molecular weight is 698 g/mol. The number of benzene rings is 2. The number of Topliss-reactive ketones (excluding diaryl/α,β-unsaturated/α-hetero) is 1. The van der Waals surface area contributed by atoms with E-state index in [0.29, 0.717) is 51.7 Å². The molecule has 1 saturated heterocycles. The number of thioether (sulfide) groups is 1. The summed E-state index contributed by atoms with van der Waals surface area (Å²) in [6, 6.07) is 16.4. The Kier molecular flexibility index (Phi) is 10.4. The van der Waals surface area contributed by atoms with E-state index in [2.05, 4.69) is 41.4 Å². The lowest BCUT2D eigenvalue weighted by atomic mass is 9.96. The molecule has 2 aromatic carbocycles. The minimum atomic E-state index is -1.03.